The molecule has 254 valence electrons. The minimum atomic E-state index is -0.289. The van der Waals surface area contributed by atoms with Gasteiger partial charge in [0.05, 0.1) is 42.5 Å². The number of aromatic amines is 2. The fraction of sp³-hybridized carbons (Fsp3) is 0.238. The van der Waals surface area contributed by atoms with Gasteiger partial charge in [-0.05, 0) is 97.7 Å². The lowest BCUT2D eigenvalue weighted by molar-refractivity contribution is -0.141. The second kappa shape index (κ2) is 14.0. The normalized spacial score (nSPS) is 12.7. The average Bonchev–Trinajstić information content (AvgIpc) is 3.79. The van der Waals surface area contributed by atoms with Gasteiger partial charge in [-0.1, -0.05) is 55.6 Å². The molecule has 0 saturated carbocycles. The van der Waals surface area contributed by atoms with Crippen LogP contribution in [0.4, 0.5) is 0 Å². The van der Waals surface area contributed by atoms with Gasteiger partial charge in [0.2, 0.25) is 0 Å². The van der Waals surface area contributed by atoms with Crippen molar-refractivity contribution in [3.05, 3.63) is 113 Å². The third-order valence-corrected chi connectivity index (χ3v) is 9.86. The number of carbonyl (C=O) groups is 2. The van der Waals surface area contributed by atoms with Gasteiger partial charge in [-0.25, -0.2) is 9.97 Å². The lowest BCUT2D eigenvalue weighted by atomic mass is 9.96. The van der Waals surface area contributed by atoms with Crippen LogP contribution in [0.3, 0.4) is 0 Å². The Bertz CT molecular complexity index is 2300. The number of esters is 2. The topological polar surface area (TPSA) is 110 Å². The number of hydrogen-bond donors (Lipinski definition) is 2. The molecule has 2 N–H and O–H groups in total. The van der Waals surface area contributed by atoms with Crippen LogP contribution in [0, 0.1) is 13.8 Å². The molecular formula is C42H42N4O4. The van der Waals surface area contributed by atoms with Gasteiger partial charge in [0.15, 0.2) is 0 Å². The van der Waals surface area contributed by atoms with E-state index in [0.29, 0.717) is 12.8 Å². The number of methoxy groups -OCH3 is 2. The largest absolute Gasteiger partial charge is 0.469 e. The third kappa shape index (κ3) is 6.13. The van der Waals surface area contributed by atoms with Crippen LogP contribution in [0.1, 0.15) is 78.1 Å². The van der Waals surface area contributed by atoms with Crippen molar-refractivity contribution in [1.29, 1.82) is 0 Å². The van der Waals surface area contributed by atoms with Crippen LogP contribution in [0.25, 0.3) is 61.6 Å². The van der Waals surface area contributed by atoms with E-state index in [-0.39, 0.29) is 24.8 Å². The van der Waals surface area contributed by atoms with Crippen molar-refractivity contribution in [2.45, 2.75) is 53.4 Å². The predicted molar refractivity (Wildman–Crippen MR) is 203 cm³/mol. The summed E-state index contributed by atoms with van der Waals surface area (Å²) in [7, 11) is 2.80. The van der Waals surface area contributed by atoms with E-state index in [9.17, 15) is 9.59 Å². The number of allylic oxidation sites excluding steroid dienone is 5. The molecular weight excluding hydrogens is 624 g/mol. The van der Waals surface area contributed by atoms with Gasteiger partial charge in [-0.15, -0.1) is 0 Å². The summed E-state index contributed by atoms with van der Waals surface area (Å²) in [5, 5.41) is 0. The summed E-state index contributed by atoms with van der Waals surface area (Å²) in [4.78, 5) is 42.4. The van der Waals surface area contributed by atoms with E-state index in [0.717, 1.165) is 101 Å². The maximum Gasteiger partial charge on any atom is 0.305 e. The van der Waals surface area contributed by atoms with Crippen molar-refractivity contribution < 1.29 is 19.1 Å². The first kappa shape index (κ1) is 34.1. The molecule has 0 spiro atoms. The molecule has 8 nitrogen and oxygen atoms in total. The van der Waals surface area contributed by atoms with Gasteiger partial charge in [0.25, 0.3) is 0 Å². The Kier molecular flexibility index (Phi) is 9.55. The van der Waals surface area contributed by atoms with Crippen molar-refractivity contribution in [2.24, 2.45) is 0 Å². The number of ether oxygens (including phenoxy) is 2. The first-order valence-electron chi connectivity index (χ1n) is 16.7. The Morgan fingerprint density at radius 2 is 1.42 bits per heavy atom. The first-order chi connectivity index (χ1) is 24.1. The van der Waals surface area contributed by atoms with E-state index in [4.69, 9.17) is 19.4 Å². The van der Waals surface area contributed by atoms with Gasteiger partial charge < -0.3 is 19.4 Å². The number of hydrogen-bond acceptors (Lipinski definition) is 6. The van der Waals surface area contributed by atoms with Gasteiger partial charge in [-0.3, -0.25) is 9.59 Å². The molecule has 4 aromatic rings. The Morgan fingerprint density at radius 1 is 0.740 bits per heavy atom. The number of rotatable bonds is 9. The molecule has 0 atom stereocenters. The summed E-state index contributed by atoms with van der Waals surface area (Å²) in [5.74, 6) is -0.570. The van der Waals surface area contributed by atoms with Crippen LogP contribution in [-0.4, -0.2) is 46.1 Å². The van der Waals surface area contributed by atoms with Gasteiger partial charge in [0.1, 0.15) is 0 Å². The van der Waals surface area contributed by atoms with E-state index in [1.165, 1.54) is 14.2 Å². The van der Waals surface area contributed by atoms with E-state index >= 15 is 0 Å². The zero-order valence-corrected chi connectivity index (χ0v) is 29.5. The highest BCUT2D eigenvalue weighted by Gasteiger charge is 2.24. The van der Waals surface area contributed by atoms with Crippen LogP contribution >= 0.6 is 0 Å². The van der Waals surface area contributed by atoms with E-state index in [2.05, 4.69) is 62.1 Å². The van der Waals surface area contributed by atoms with E-state index in [1.807, 2.05) is 49.4 Å². The molecule has 2 aliphatic rings. The summed E-state index contributed by atoms with van der Waals surface area (Å²) < 4.78 is 9.98. The van der Waals surface area contributed by atoms with Crippen molar-refractivity contribution in [1.82, 2.24) is 19.9 Å². The summed E-state index contributed by atoms with van der Waals surface area (Å²) in [6.45, 7) is 16.6. The Morgan fingerprint density at radius 3 is 2.08 bits per heavy atom. The monoisotopic (exact) mass is 666 g/mol. The number of carbonyl (C=O) groups excluding carboxylic acids is 2. The van der Waals surface area contributed by atoms with Gasteiger partial charge in [-0.2, -0.15) is 0 Å². The summed E-state index contributed by atoms with van der Waals surface area (Å²) in [6, 6.07) is 16.4. The number of fused-ring (bicyclic) bond motifs is 8. The Balaban J connectivity index is 1.80. The van der Waals surface area contributed by atoms with Crippen molar-refractivity contribution >= 4 is 62.4 Å². The lowest BCUT2D eigenvalue weighted by Crippen LogP contribution is -2.02. The van der Waals surface area contributed by atoms with Crippen molar-refractivity contribution in [3.63, 3.8) is 0 Å². The molecule has 6 rings (SSSR count). The molecule has 0 amide bonds. The maximum atomic E-state index is 12.3. The van der Waals surface area contributed by atoms with E-state index < -0.39 is 0 Å². The molecule has 8 bridgehead atoms. The fourth-order valence-electron chi connectivity index (χ4n) is 6.97. The third-order valence-electron chi connectivity index (χ3n) is 9.86. The highest BCUT2D eigenvalue weighted by atomic mass is 16.5. The Hall–Kier alpha value is -5.76. The molecule has 8 heteroatoms. The van der Waals surface area contributed by atoms with Crippen LogP contribution in [0.5, 0.6) is 0 Å². The number of benzene rings is 1. The molecule has 5 heterocycles. The van der Waals surface area contributed by atoms with Crippen molar-refractivity contribution in [3.8, 4) is 11.1 Å². The number of nitrogens with zero attached hydrogens (tertiary/aromatic N) is 2. The standard InChI is InChI=1S/C42H42N4O4/c1-9-28-26(6)41-40(27-14-12-11-13-15-27)42-29(10-2)23(3)34(45-42)20-32-24(4)30(16-18-38(47)49-7)36(43-32)22-37-31(17-19-39(48)50-8)25(5)33(44-37)21-35(28)46-41/h9-15,20-22,44,46H,1-2,16-19H2,3-8H3. The molecule has 2 aliphatic heterocycles. The zero-order chi connectivity index (χ0) is 35.7. The number of aryl methyl sites for hydroxylation is 3. The van der Waals surface area contributed by atoms with Crippen molar-refractivity contribution in [2.75, 3.05) is 14.2 Å². The van der Waals surface area contributed by atoms with Crippen LogP contribution in [0.15, 0.2) is 67.8 Å². The molecule has 0 aliphatic carbocycles. The second-order valence-corrected chi connectivity index (χ2v) is 12.6. The van der Waals surface area contributed by atoms with Gasteiger partial charge in [0, 0.05) is 46.1 Å². The summed E-state index contributed by atoms with van der Waals surface area (Å²) in [6.07, 6.45) is 5.13. The summed E-state index contributed by atoms with van der Waals surface area (Å²) in [5.41, 5.74) is 16.5. The molecule has 3 aromatic heterocycles. The lowest BCUT2D eigenvalue weighted by Gasteiger charge is -2.08. The molecule has 1 aromatic carbocycles. The number of aromatic nitrogens is 4. The zero-order valence-electron chi connectivity index (χ0n) is 29.5. The fourth-order valence-corrected chi connectivity index (χ4v) is 6.97. The second-order valence-electron chi connectivity index (χ2n) is 12.6. The van der Waals surface area contributed by atoms with Crippen LogP contribution in [0.2, 0.25) is 0 Å². The quantitative estimate of drug-likeness (QED) is 0.172. The molecule has 50 heavy (non-hydrogen) atoms. The Labute approximate surface area is 292 Å². The summed E-state index contributed by atoms with van der Waals surface area (Å²) >= 11 is 0. The number of nitrogens with one attached hydrogen (secondary N) is 2. The van der Waals surface area contributed by atoms with E-state index in [1.54, 1.807) is 0 Å². The van der Waals surface area contributed by atoms with Crippen LogP contribution in [-0.2, 0) is 25.5 Å². The van der Waals surface area contributed by atoms with Gasteiger partial charge >= 0.3 is 11.9 Å². The maximum absolute atomic E-state index is 12.3. The predicted octanol–water partition coefficient (Wildman–Crippen LogP) is 9.35. The highest BCUT2D eigenvalue weighted by molar-refractivity contribution is 6.04. The van der Waals surface area contributed by atoms with Crippen LogP contribution < -0.4 is 0 Å². The average molecular weight is 667 g/mol. The minimum absolute atomic E-state index is 0.216. The number of H-pyrrole nitrogens is 2. The molecule has 0 saturated heterocycles. The molecule has 0 fully saturated rings. The molecule has 0 unspecified atom stereocenters. The highest BCUT2D eigenvalue weighted by Crippen LogP contribution is 2.41. The molecule has 0 radical (unpaired) electrons. The minimum Gasteiger partial charge on any atom is -0.469 e. The first-order valence-corrected chi connectivity index (χ1v) is 16.7. The SMILES string of the molecule is C=CC1=C(C)c2cc3nc(cc4[nH]c(cc5[nH]c(c(C)c5C=C)c(-c5ccccc5)c1n2)c(C)c4CCC(=O)OC)C(CCC(=O)OC)=C3C. The smallest absolute Gasteiger partial charge is 0.305 e.